The van der Waals surface area contributed by atoms with Crippen molar-refractivity contribution in [3.63, 3.8) is 0 Å². The number of hydrogen-bond donors (Lipinski definition) is 2. The first-order chi connectivity index (χ1) is 14.4. The Morgan fingerprint density at radius 3 is 2.30 bits per heavy atom. The zero-order valence-corrected chi connectivity index (χ0v) is 17.6. The van der Waals surface area contributed by atoms with Crippen molar-refractivity contribution in [2.24, 2.45) is 5.92 Å². The molecule has 2 rings (SSSR count). The molecule has 0 aliphatic carbocycles. The zero-order chi connectivity index (χ0) is 21.9. The number of carbonyl (C=O) groups is 4. The number of nitrogens with zero attached hydrogens (tertiary/aromatic N) is 1. The van der Waals surface area contributed by atoms with E-state index in [0.717, 1.165) is 24.8 Å². The quantitative estimate of drug-likeness (QED) is 0.222. The lowest BCUT2D eigenvalue weighted by atomic mass is 9.92. The normalized spacial score (nSPS) is 17.3. The first-order valence-electron chi connectivity index (χ1n) is 10.9. The largest absolute Gasteiger partial charge is 0.346 e. The molecule has 2 N–H and O–H groups in total. The number of benzene rings is 1. The van der Waals surface area contributed by atoms with Crippen LogP contribution in [-0.2, 0) is 25.6 Å². The van der Waals surface area contributed by atoms with Crippen LogP contribution in [0.15, 0.2) is 30.3 Å². The van der Waals surface area contributed by atoms with Gasteiger partial charge in [-0.05, 0) is 18.4 Å². The Morgan fingerprint density at radius 2 is 1.70 bits per heavy atom. The van der Waals surface area contributed by atoms with Crippen LogP contribution in [0, 0.1) is 5.92 Å². The lowest BCUT2D eigenvalue weighted by Crippen LogP contribution is -2.46. The maximum absolute atomic E-state index is 12.9. The predicted molar refractivity (Wildman–Crippen MR) is 111 cm³/mol. The van der Waals surface area contributed by atoms with Crippen molar-refractivity contribution in [2.45, 2.75) is 77.2 Å². The number of Topliss-reactive ketones (excluding diaryl/α,β-unsaturated/α-hetero) is 1. The van der Waals surface area contributed by atoms with E-state index in [1.165, 1.54) is 25.7 Å². The van der Waals surface area contributed by atoms with Crippen molar-refractivity contribution in [3.8, 4) is 0 Å². The summed E-state index contributed by atoms with van der Waals surface area (Å²) in [5, 5.41) is 12.2. The minimum absolute atomic E-state index is 0.00249. The Kier molecular flexibility index (Phi) is 9.67. The van der Waals surface area contributed by atoms with Gasteiger partial charge >= 0.3 is 0 Å². The molecule has 2 atom stereocenters. The Bertz CT molecular complexity index is 734. The summed E-state index contributed by atoms with van der Waals surface area (Å²) < 4.78 is 0. The summed E-state index contributed by atoms with van der Waals surface area (Å²) >= 11 is 0. The van der Waals surface area contributed by atoms with Gasteiger partial charge in [-0.15, -0.1) is 0 Å². The molecule has 1 aliphatic heterocycles. The van der Waals surface area contributed by atoms with E-state index in [2.05, 4.69) is 12.2 Å². The van der Waals surface area contributed by atoms with Crippen molar-refractivity contribution in [2.75, 3.05) is 0 Å². The average molecular weight is 417 g/mol. The number of hydroxylamine groups is 2. The molecule has 0 aromatic heterocycles. The highest BCUT2D eigenvalue weighted by atomic mass is 16.5. The third-order valence-electron chi connectivity index (χ3n) is 5.43. The Labute approximate surface area is 177 Å². The third-order valence-corrected chi connectivity index (χ3v) is 5.43. The van der Waals surface area contributed by atoms with Crippen molar-refractivity contribution in [1.82, 2.24) is 10.4 Å². The summed E-state index contributed by atoms with van der Waals surface area (Å²) in [5.74, 6) is -3.76. The molecule has 1 aromatic rings. The SMILES string of the molecule is CCCCCCCCCC(=O)NC(Cc1ccccc1)C(=O)C1CC(=O)N(O)C1=O. The molecule has 1 heterocycles. The van der Waals surface area contributed by atoms with Crippen LogP contribution in [0.5, 0.6) is 0 Å². The van der Waals surface area contributed by atoms with Gasteiger partial charge in [-0.1, -0.05) is 75.8 Å². The van der Waals surface area contributed by atoms with Crippen molar-refractivity contribution in [1.29, 1.82) is 0 Å². The molecule has 1 aromatic carbocycles. The Balaban J connectivity index is 1.93. The average Bonchev–Trinajstić information content (AvgIpc) is 3.00. The molecule has 0 saturated carbocycles. The summed E-state index contributed by atoms with van der Waals surface area (Å²) in [5.41, 5.74) is 0.838. The van der Waals surface area contributed by atoms with Crippen LogP contribution in [0.25, 0.3) is 0 Å². The number of unbranched alkanes of at least 4 members (excludes halogenated alkanes) is 6. The molecule has 7 nitrogen and oxygen atoms in total. The summed E-state index contributed by atoms with van der Waals surface area (Å²) in [6.07, 6.45) is 7.78. The fourth-order valence-corrected chi connectivity index (χ4v) is 3.67. The lowest BCUT2D eigenvalue weighted by Gasteiger charge is -2.20. The maximum Gasteiger partial charge on any atom is 0.264 e. The van der Waals surface area contributed by atoms with E-state index < -0.39 is 29.6 Å². The molecule has 3 amide bonds. The first-order valence-corrected chi connectivity index (χ1v) is 10.9. The van der Waals surface area contributed by atoms with Gasteiger partial charge < -0.3 is 5.32 Å². The van der Waals surface area contributed by atoms with Crippen LogP contribution in [-0.4, -0.2) is 39.8 Å². The Morgan fingerprint density at radius 1 is 1.07 bits per heavy atom. The highest BCUT2D eigenvalue weighted by Crippen LogP contribution is 2.21. The molecule has 1 aliphatic rings. The van der Waals surface area contributed by atoms with Gasteiger partial charge in [0.2, 0.25) is 5.91 Å². The highest BCUT2D eigenvalue weighted by molar-refractivity contribution is 6.14. The van der Waals surface area contributed by atoms with Crippen molar-refractivity contribution < 1.29 is 24.4 Å². The minimum Gasteiger partial charge on any atom is -0.346 e. The van der Waals surface area contributed by atoms with E-state index in [-0.39, 0.29) is 23.8 Å². The van der Waals surface area contributed by atoms with Gasteiger partial charge in [-0.2, -0.15) is 5.06 Å². The van der Waals surface area contributed by atoms with Gasteiger partial charge in [0.1, 0.15) is 5.92 Å². The standard InChI is InChI=1S/C23H32N2O5/c1-2-3-4-5-6-7-11-14-20(26)24-19(15-17-12-9-8-10-13-17)22(28)18-16-21(27)25(30)23(18)29/h8-10,12-13,18-19,30H,2-7,11,14-16H2,1H3,(H,24,26). The smallest absolute Gasteiger partial charge is 0.264 e. The van der Waals surface area contributed by atoms with Crippen LogP contribution in [0.2, 0.25) is 0 Å². The fraction of sp³-hybridized carbons (Fsp3) is 0.565. The highest BCUT2D eigenvalue weighted by Gasteiger charge is 2.44. The lowest BCUT2D eigenvalue weighted by molar-refractivity contribution is -0.172. The molecule has 0 bridgehead atoms. The summed E-state index contributed by atoms with van der Waals surface area (Å²) in [7, 11) is 0. The number of carbonyl (C=O) groups excluding carboxylic acids is 4. The predicted octanol–water partition coefficient (Wildman–Crippen LogP) is 3.19. The molecule has 164 valence electrons. The monoisotopic (exact) mass is 416 g/mol. The van der Waals surface area contributed by atoms with E-state index in [1.54, 1.807) is 0 Å². The molecule has 7 heteroatoms. The van der Waals surface area contributed by atoms with Gasteiger partial charge in [0.05, 0.1) is 6.04 Å². The van der Waals surface area contributed by atoms with E-state index in [4.69, 9.17) is 0 Å². The summed E-state index contributed by atoms with van der Waals surface area (Å²) in [4.78, 5) is 49.0. The van der Waals surface area contributed by atoms with E-state index in [1.807, 2.05) is 30.3 Å². The molecule has 0 spiro atoms. The maximum atomic E-state index is 12.9. The van der Waals surface area contributed by atoms with Gasteiger partial charge in [-0.25, -0.2) is 0 Å². The zero-order valence-electron chi connectivity index (χ0n) is 17.6. The molecule has 1 fully saturated rings. The fourth-order valence-electron chi connectivity index (χ4n) is 3.67. The molecular weight excluding hydrogens is 384 g/mol. The second-order valence-electron chi connectivity index (χ2n) is 7.88. The molecule has 30 heavy (non-hydrogen) atoms. The minimum atomic E-state index is -1.25. The topological polar surface area (TPSA) is 104 Å². The van der Waals surface area contributed by atoms with Crippen molar-refractivity contribution >= 4 is 23.5 Å². The Hall–Kier alpha value is -2.54. The van der Waals surface area contributed by atoms with Crippen LogP contribution in [0.3, 0.4) is 0 Å². The number of nitrogens with one attached hydrogen (secondary N) is 1. The van der Waals surface area contributed by atoms with Crippen LogP contribution in [0.1, 0.15) is 70.3 Å². The van der Waals surface area contributed by atoms with Gasteiger partial charge in [-0.3, -0.25) is 24.4 Å². The van der Waals surface area contributed by atoms with E-state index >= 15 is 0 Å². The second-order valence-corrected chi connectivity index (χ2v) is 7.88. The number of amides is 3. The molecule has 1 saturated heterocycles. The summed E-state index contributed by atoms with van der Waals surface area (Å²) in [6, 6.07) is 8.26. The van der Waals surface area contributed by atoms with Crippen molar-refractivity contribution in [3.05, 3.63) is 35.9 Å². The molecule has 2 unspecified atom stereocenters. The van der Waals surface area contributed by atoms with Crippen LogP contribution in [0.4, 0.5) is 0 Å². The second kappa shape index (κ2) is 12.2. The van der Waals surface area contributed by atoms with Crippen LogP contribution < -0.4 is 5.32 Å². The first kappa shape index (κ1) is 23.7. The number of hydrogen-bond acceptors (Lipinski definition) is 5. The number of ketones is 1. The van der Waals surface area contributed by atoms with Gasteiger partial charge in [0.15, 0.2) is 5.78 Å². The molecular formula is C23H32N2O5. The van der Waals surface area contributed by atoms with E-state index in [0.29, 0.717) is 6.42 Å². The number of imide groups is 1. The summed E-state index contributed by atoms with van der Waals surface area (Å²) in [6.45, 7) is 2.17. The third kappa shape index (κ3) is 7.06. The number of rotatable bonds is 13. The van der Waals surface area contributed by atoms with Crippen LogP contribution >= 0.6 is 0 Å². The van der Waals surface area contributed by atoms with Gasteiger partial charge in [0, 0.05) is 12.8 Å². The molecule has 0 radical (unpaired) electrons. The van der Waals surface area contributed by atoms with E-state index in [9.17, 15) is 24.4 Å². The van der Waals surface area contributed by atoms with Gasteiger partial charge in [0.25, 0.3) is 11.8 Å².